The van der Waals surface area contributed by atoms with Crippen molar-refractivity contribution in [3.8, 4) is 0 Å². The maximum Gasteiger partial charge on any atom is 0.192 e. The SMILES string of the molecule is CO[C@H]1O[C@H](C)C(=O)C[C@H]1O[Si](C)(C)C(C)(C)C. The van der Waals surface area contributed by atoms with Crippen molar-refractivity contribution >= 4 is 14.1 Å². The second-order valence-corrected chi connectivity index (χ2v) is 11.2. The number of hydrogen-bond donors (Lipinski definition) is 0. The fraction of sp³-hybridized carbons (Fsp3) is 0.923. The van der Waals surface area contributed by atoms with E-state index in [0.29, 0.717) is 6.42 Å². The van der Waals surface area contributed by atoms with Gasteiger partial charge in [-0.1, -0.05) is 20.8 Å². The minimum Gasteiger partial charge on any atom is -0.408 e. The van der Waals surface area contributed by atoms with E-state index in [1.165, 1.54) is 0 Å². The molecule has 4 nitrogen and oxygen atoms in total. The largest absolute Gasteiger partial charge is 0.408 e. The molecule has 18 heavy (non-hydrogen) atoms. The molecule has 0 aromatic carbocycles. The van der Waals surface area contributed by atoms with E-state index < -0.39 is 20.7 Å². The highest BCUT2D eigenvalue weighted by Gasteiger charge is 2.44. The zero-order valence-corrected chi connectivity index (χ0v) is 13.6. The van der Waals surface area contributed by atoms with Gasteiger partial charge in [0.1, 0.15) is 12.2 Å². The molecule has 0 radical (unpaired) electrons. The normalized spacial score (nSPS) is 30.6. The molecule has 1 aliphatic heterocycles. The van der Waals surface area contributed by atoms with E-state index >= 15 is 0 Å². The van der Waals surface area contributed by atoms with Gasteiger partial charge in [0.05, 0.1) is 0 Å². The van der Waals surface area contributed by atoms with Crippen LogP contribution in [0.2, 0.25) is 18.1 Å². The van der Waals surface area contributed by atoms with Crippen molar-refractivity contribution in [1.29, 1.82) is 0 Å². The molecule has 0 saturated carbocycles. The molecule has 0 aromatic rings. The monoisotopic (exact) mass is 274 g/mol. The summed E-state index contributed by atoms with van der Waals surface area (Å²) in [5.74, 6) is 0.0898. The molecule has 1 heterocycles. The Bertz CT molecular complexity index is 309. The number of ketones is 1. The van der Waals surface area contributed by atoms with Gasteiger partial charge in [0.15, 0.2) is 20.4 Å². The lowest BCUT2D eigenvalue weighted by atomic mass is 10.1. The van der Waals surface area contributed by atoms with Crippen LogP contribution in [0.1, 0.15) is 34.1 Å². The highest BCUT2D eigenvalue weighted by Crippen LogP contribution is 2.38. The third kappa shape index (κ3) is 3.41. The minimum absolute atomic E-state index is 0.0898. The van der Waals surface area contributed by atoms with Gasteiger partial charge in [-0.25, -0.2) is 0 Å². The second-order valence-electron chi connectivity index (χ2n) is 6.47. The summed E-state index contributed by atoms with van der Waals surface area (Å²) in [6.07, 6.45) is -0.729. The van der Waals surface area contributed by atoms with Crippen molar-refractivity contribution in [3.63, 3.8) is 0 Å². The molecular formula is C13H26O4Si. The van der Waals surface area contributed by atoms with Gasteiger partial charge in [0.25, 0.3) is 0 Å². The fourth-order valence-corrected chi connectivity index (χ4v) is 2.99. The highest BCUT2D eigenvalue weighted by molar-refractivity contribution is 6.74. The Hall–Kier alpha value is -0.233. The van der Waals surface area contributed by atoms with Crippen LogP contribution >= 0.6 is 0 Å². The number of Topliss-reactive ketones (excluding diaryl/α,β-unsaturated/α-hetero) is 1. The van der Waals surface area contributed by atoms with Crippen LogP contribution in [-0.2, 0) is 18.7 Å². The summed E-state index contributed by atoms with van der Waals surface area (Å²) in [5.41, 5.74) is 0. The third-order valence-electron chi connectivity index (χ3n) is 3.98. The number of hydrogen-bond acceptors (Lipinski definition) is 4. The van der Waals surface area contributed by atoms with E-state index in [1.54, 1.807) is 14.0 Å². The van der Waals surface area contributed by atoms with Crippen LogP contribution in [0, 0.1) is 0 Å². The number of ether oxygens (including phenoxy) is 2. The summed E-state index contributed by atoms with van der Waals surface area (Å²) in [5, 5.41) is 0.109. The lowest BCUT2D eigenvalue weighted by Gasteiger charge is -2.42. The summed E-state index contributed by atoms with van der Waals surface area (Å²) < 4.78 is 17.1. The van der Waals surface area contributed by atoms with Crippen molar-refractivity contribution in [2.24, 2.45) is 0 Å². The van der Waals surface area contributed by atoms with E-state index in [1.807, 2.05) is 0 Å². The van der Waals surface area contributed by atoms with Crippen LogP contribution < -0.4 is 0 Å². The Labute approximate surface area is 111 Å². The maximum absolute atomic E-state index is 11.8. The van der Waals surface area contributed by atoms with E-state index in [4.69, 9.17) is 13.9 Å². The first-order chi connectivity index (χ1) is 8.08. The highest BCUT2D eigenvalue weighted by atomic mass is 28.4. The van der Waals surface area contributed by atoms with Crippen LogP contribution in [0.25, 0.3) is 0 Å². The molecule has 5 heteroatoms. The van der Waals surface area contributed by atoms with Crippen molar-refractivity contribution in [2.45, 2.75) is 70.7 Å². The number of carbonyl (C=O) groups is 1. The van der Waals surface area contributed by atoms with E-state index in [0.717, 1.165) is 0 Å². The standard InChI is InChI=1S/C13H26O4Si/c1-9-10(14)8-11(12(15-5)16-9)17-18(6,7)13(2,3)4/h9,11-12H,8H2,1-7H3/t9-,11-,12+/m1/s1. The Morgan fingerprint density at radius 2 is 1.89 bits per heavy atom. The van der Waals surface area contributed by atoms with Crippen LogP contribution in [0.4, 0.5) is 0 Å². The molecule has 0 N–H and O–H groups in total. The summed E-state index contributed by atoms with van der Waals surface area (Å²) in [6.45, 7) is 12.6. The first-order valence-corrected chi connectivity index (χ1v) is 9.38. The lowest BCUT2D eigenvalue weighted by molar-refractivity contribution is -0.216. The Morgan fingerprint density at radius 1 is 1.33 bits per heavy atom. The van der Waals surface area contributed by atoms with Crippen LogP contribution in [0.3, 0.4) is 0 Å². The summed E-state index contributed by atoms with van der Waals surface area (Å²) >= 11 is 0. The van der Waals surface area contributed by atoms with Gasteiger partial charge in [-0.2, -0.15) is 0 Å². The molecule has 0 aromatic heterocycles. The molecule has 106 valence electrons. The number of methoxy groups -OCH3 is 1. The Kier molecular flexibility index (Phi) is 4.75. The minimum atomic E-state index is -1.91. The predicted molar refractivity (Wildman–Crippen MR) is 73.0 cm³/mol. The van der Waals surface area contributed by atoms with Gasteiger partial charge < -0.3 is 13.9 Å². The van der Waals surface area contributed by atoms with Gasteiger partial charge in [-0.15, -0.1) is 0 Å². The summed E-state index contributed by atoms with van der Waals surface area (Å²) in [7, 11) is -0.322. The van der Waals surface area contributed by atoms with Gasteiger partial charge in [-0.05, 0) is 25.1 Å². The van der Waals surface area contributed by atoms with Gasteiger partial charge in [-0.3, -0.25) is 4.79 Å². The summed E-state index contributed by atoms with van der Waals surface area (Å²) in [4.78, 5) is 11.8. The van der Waals surface area contributed by atoms with Crippen molar-refractivity contribution in [1.82, 2.24) is 0 Å². The molecule has 1 fully saturated rings. The average Bonchev–Trinajstić information content (AvgIpc) is 2.21. The third-order valence-corrected chi connectivity index (χ3v) is 8.49. The first-order valence-electron chi connectivity index (χ1n) is 6.47. The molecule has 1 saturated heterocycles. The first kappa shape index (κ1) is 15.8. The Balaban J connectivity index is 2.79. The summed E-state index contributed by atoms with van der Waals surface area (Å²) in [6, 6.07) is 0. The van der Waals surface area contributed by atoms with E-state index in [9.17, 15) is 4.79 Å². The van der Waals surface area contributed by atoms with Crippen LogP contribution in [0.15, 0.2) is 0 Å². The molecule has 0 unspecified atom stereocenters. The molecule has 1 aliphatic rings. The van der Waals surface area contributed by atoms with Gasteiger partial charge in [0.2, 0.25) is 0 Å². The molecular weight excluding hydrogens is 248 g/mol. The quantitative estimate of drug-likeness (QED) is 0.742. The smallest absolute Gasteiger partial charge is 0.192 e. The van der Waals surface area contributed by atoms with Crippen molar-refractivity contribution < 1.29 is 18.7 Å². The molecule has 0 bridgehead atoms. The second kappa shape index (κ2) is 5.41. The zero-order valence-electron chi connectivity index (χ0n) is 12.6. The lowest BCUT2D eigenvalue weighted by Crippen LogP contribution is -2.52. The molecule has 0 amide bonds. The van der Waals surface area contributed by atoms with Gasteiger partial charge >= 0.3 is 0 Å². The van der Waals surface area contributed by atoms with Crippen molar-refractivity contribution in [2.75, 3.05) is 7.11 Å². The van der Waals surface area contributed by atoms with Crippen LogP contribution in [-0.4, -0.2) is 39.7 Å². The van der Waals surface area contributed by atoms with E-state index in [-0.39, 0.29) is 16.9 Å². The number of rotatable bonds is 3. The molecule has 1 rings (SSSR count). The van der Waals surface area contributed by atoms with Gasteiger partial charge in [0, 0.05) is 13.5 Å². The molecule has 3 atom stereocenters. The average molecular weight is 274 g/mol. The fourth-order valence-electron chi connectivity index (χ4n) is 1.68. The maximum atomic E-state index is 11.8. The van der Waals surface area contributed by atoms with Crippen molar-refractivity contribution in [3.05, 3.63) is 0 Å². The number of carbonyl (C=O) groups excluding carboxylic acids is 1. The predicted octanol–water partition coefficient (Wildman–Crippen LogP) is 2.73. The molecule has 0 spiro atoms. The molecule has 0 aliphatic carbocycles. The van der Waals surface area contributed by atoms with Crippen LogP contribution in [0.5, 0.6) is 0 Å². The topological polar surface area (TPSA) is 44.8 Å². The van der Waals surface area contributed by atoms with E-state index in [2.05, 4.69) is 33.9 Å². The zero-order chi connectivity index (χ0) is 14.1. The Morgan fingerprint density at radius 3 is 2.33 bits per heavy atom.